The van der Waals surface area contributed by atoms with Crippen molar-refractivity contribution in [1.29, 1.82) is 0 Å². The molecule has 1 N–H and O–H groups in total. The molecule has 16 rings (SSSR count). The van der Waals surface area contributed by atoms with Crippen LogP contribution >= 0.6 is 0 Å². The van der Waals surface area contributed by atoms with Crippen molar-refractivity contribution >= 4 is 24.3 Å². The lowest BCUT2D eigenvalue weighted by Crippen LogP contribution is -2.39. The van der Waals surface area contributed by atoms with Crippen LogP contribution in [0.2, 0.25) is 0 Å². The highest BCUT2D eigenvalue weighted by Gasteiger charge is 2.38. The van der Waals surface area contributed by atoms with E-state index >= 15 is 0 Å². The van der Waals surface area contributed by atoms with Crippen molar-refractivity contribution in [3.8, 4) is 0 Å². The van der Waals surface area contributed by atoms with E-state index in [4.69, 9.17) is 0 Å². The maximum absolute atomic E-state index is 3.18. The molecule has 0 spiro atoms. The first-order valence-electron chi connectivity index (χ1n) is 52.4. The molecule has 0 radical (unpaired) electrons. The molecule has 10 aliphatic heterocycles. The Balaban J connectivity index is -0.000000337. The van der Waals surface area contributed by atoms with Gasteiger partial charge in [0.25, 0.3) is 0 Å². The molecule has 8 heteroatoms. The summed E-state index contributed by atoms with van der Waals surface area (Å²) in [5.41, 5.74) is 4.94. The summed E-state index contributed by atoms with van der Waals surface area (Å²) in [6.07, 6.45) is 86.8. The maximum atomic E-state index is 3.18. The SMILES string of the molecule is C1=C/c2cc[n+](cc2)CCCCC[n+]2ccc(cc2)/C=C/c2cc[n+](cc2)CCCCC[n+]2ccc/1cc2.C1=CCCCC1.C1=CN(CCCCCN2C=CCCC2)CCC1.CC.CC.CC.CC.CC.CC.CC.CC1C(C)C(C)C1C.CCC(C)CC.CCC(C)CC.CCC(C)CC.CCCC(C)CCC.CNCCCCCN1C=CCCC1. The van der Waals surface area contributed by atoms with E-state index in [2.05, 4.69) is 320 Å². The van der Waals surface area contributed by atoms with Crippen LogP contribution < -0.4 is 23.6 Å². The van der Waals surface area contributed by atoms with Gasteiger partial charge in [0.1, 0.15) is 26.2 Å². The van der Waals surface area contributed by atoms with Crippen LogP contribution in [0.5, 0.6) is 0 Å². The summed E-state index contributed by atoms with van der Waals surface area (Å²) in [4.78, 5) is 7.40. The molecule has 14 heterocycles. The molecule has 708 valence electrons. The summed E-state index contributed by atoms with van der Waals surface area (Å²) in [5.74, 6) is 7.68. The molecule has 0 aromatic carbocycles. The number of aromatic nitrogens is 4. The second kappa shape index (κ2) is 99.2. The van der Waals surface area contributed by atoms with Crippen LogP contribution in [0.3, 0.4) is 0 Å². The first-order chi connectivity index (χ1) is 59.6. The monoisotopic (exact) mass is 1700 g/mol. The first-order valence-corrected chi connectivity index (χ1v) is 52.4. The van der Waals surface area contributed by atoms with Crippen LogP contribution in [-0.2, 0) is 26.2 Å². The molecular formula is C114H216N8+4. The normalized spacial score (nSPS) is 17.0. The van der Waals surface area contributed by atoms with Gasteiger partial charge >= 0.3 is 0 Å². The third-order valence-electron chi connectivity index (χ3n) is 23.6. The van der Waals surface area contributed by atoms with Crippen molar-refractivity contribution < 1.29 is 18.3 Å². The molecular weight excluding hydrogens is 1480 g/mol. The molecule has 1 saturated carbocycles. The van der Waals surface area contributed by atoms with Crippen LogP contribution in [0, 0.1) is 47.3 Å². The number of hydrogen-bond acceptors (Lipinski definition) is 4. The summed E-state index contributed by atoms with van der Waals surface area (Å²) in [6, 6.07) is 17.6. The number of unbranched alkanes of at least 4 members (excludes halogenated alkanes) is 4. The van der Waals surface area contributed by atoms with Gasteiger partial charge in [-0.2, -0.15) is 0 Å². The minimum absolute atomic E-state index is 0.935. The van der Waals surface area contributed by atoms with E-state index in [1.807, 2.05) is 104 Å². The number of rotatable bonds is 22. The van der Waals surface area contributed by atoms with E-state index in [-0.39, 0.29) is 0 Å². The Morgan fingerprint density at radius 1 is 0.295 bits per heavy atom. The second-order valence-corrected chi connectivity index (χ2v) is 32.8. The lowest BCUT2D eigenvalue weighted by molar-refractivity contribution is -0.701. The summed E-state index contributed by atoms with van der Waals surface area (Å²) >= 11 is 0. The van der Waals surface area contributed by atoms with Crippen molar-refractivity contribution in [1.82, 2.24) is 20.0 Å². The third kappa shape index (κ3) is 75.7. The molecule has 2 aliphatic carbocycles. The van der Waals surface area contributed by atoms with Gasteiger partial charge in [0.05, 0.1) is 0 Å². The molecule has 0 unspecified atom stereocenters. The highest BCUT2D eigenvalue weighted by molar-refractivity contribution is 5.69. The Kier molecular flexibility index (Phi) is 103. The van der Waals surface area contributed by atoms with E-state index in [0.717, 1.165) is 80.1 Å². The predicted octanol–water partition coefficient (Wildman–Crippen LogP) is 33.0. The number of pyridine rings is 4. The second-order valence-electron chi connectivity index (χ2n) is 32.8. The van der Waals surface area contributed by atoms with Crippen molar-refractivity contribution in [3.63, 3.8) is 0 Å². The molecule has 8 bridgehead atoms. The largest absolute Gasteiger partial charge is 0.378 e. The zero-order chi connectivity index (χ0) is 92.9. The van der Waals surface area contributed by atoms with E-state index in [1.54, 1.807) is 0 Å². The molecule has 1 fully saturated rings. The van der Waals surface area contributed by atoms with Gasteiger partial charge in [-0.05, 0) is 211 Å². The van der Waals surface area contributed by atoms with Crippen molar-refractivity contribution in [2.24, 2.45) is 47.3 Å². The molecule has 4 aromatic rings. The highest BCUT2D eigenvalue weighted by Crippen LogP contribution is 2.44. The fraction of sp³-hybridized carbons (Fsp3) is 0.719. The number of aryl methyl sites for hydroxylation is 4. The van der Waals surface area contributed by atoms with Crippen LogP contribution in [-0.4, -0.2) is 67.6 Å². The average molecular weight is 1700 g/mol. The Bertz CT molecular complexity index is 2520. The molecule has 0 amide bonds. The topological polar surface area (TPSA) is 37.3 Å². The van der Waals surface area contributed by atoms with Crippen molar-refractivity contribution in [2.75, 3.05) is 52.9 Å². The van der Waals surface area contributed by atoms with Gasteiger partial charge in [0.15, 0.2) is 49.6 Å². The fourth-order valence-corrected chi connectivity index (χ4v) is 13.6. The van der Waals surface area contributed by atoms with Crippen LogP contribution in [0.1, 0.15) is 435 Å². The zero-order valence-electron chi connectivity index (χ0n) is 87.8. The van der Waals surface area contributed by atoms with Crippen LogP contribution in [0.25, 0.3) is 24.3 Å². The van der Waals surface area contributed by atoms with Crippen molar-refractivity contribution in [3.05, 3.63) is 169 Å². The van der Waals surface area contributed by atoms with E-state index < -0.39 is 0 Å². The molecule has 12 aliphatic rings. The first kappa shape index (κ1) is 127. The number of nitrogens with zero attached hydrogens (tertiary/aromatic N) is 7. The lowest BCUT2D eigenvalue weighted by atomic mass is 9.60. The maximum Gasteiger partial charge on any atom is 0.169 e. The van der Waals surface area contributed by atoms with Crippen LogP contribution in [0.15, 0.2) is 147 Å². The quantitative estimate of drug-likeness (QED) is 0.0483. The predicted molar refractivity (Wildman–Crippen MR) is 555 cm³/mol. The Hall–Kier alpha value is -5.60. The van der Waals surface area contributed by atoms with Crippen LogP contribution in [0.4, 0.5) is 0 Å². The van der Waals surface area contributed by atoms with Gasteiger partial charge in [0, 0.05) is 113 Å². The summed E-state index contributed by atoms with van der Waals surface area (Å²) in [6.45, 7) is 77.5. The van der Waals surface area contributed by atoms with E-state index in [1.165, 1.54) is 267 Å². The average Bonchev–Trinajstić information content (AvgIpc) is 0.808. The highest BCUT2D eigenvalue weighted by atomic mass is 15.1. The fourth-order valence-electron chi connectivity index (χ4n) is 13.6. The van der Waals surface area contributed by atoms with E-state index in [0.29, 0.717) is 0 Å². The van der Waals surface area contributed by atoms with E-state index in [9.17, 15) is 0 Å². The Morgan fingerprint density at radius 2 is 0.525 bits per heavy atom. The minimum Gasteiger partial charge on any atom is -0.378 e. The molecule has 0 atom stereocenters. The Labute approximate surface area is 766 Å². The number of nitrogens with one attached hydrogen (secondary N) is 1. The summed E-state index contributed by atoms with van der Waals surface area (Å²) in [7, 11) is 2.02. The lowest BCUT2D eigenvalue weighted by Gasteiger charge is -2.45. The van der Waals surface area contributed by atoms with Gasteiger partial charge in [0.2, 0.25) is 0 Å². The molecule has 122 heavy (non-hydrogen) atoms. The molecule has 4 aromatic heterocycles. The van der Waals surface area contributed by atoms with Gasteiger partial charge in [-0.1, -0.05) is 333 Å². The van der Waals surface area contributed by atoms with Gasteiger partial charge in [-0.25, -0.2) is 18.3 Å². The standard InChI is InChI=1S/C34H40N4.C15H26N2.C11H22N2.C8H16.C8H18.C6H10.3C6H14.7C2H6/c1-3-19-35-23-11-31(12-24-35)7-9-33-15-27-37(28-16-33)21-5-2-6-22-38-29-17-34(18-30-38)10-8-32-13-25-36(20-4-1)26-14-32;1-4-10-16(11-5-1)14-8-3-9-15-17-12-6-2-7-13-17;1-12-8-4-2-5-9-13-10-6-3-7-11-13;1-5-6(2)8(4)7(5)3;1-4-6-8(3)7-5-2;1-2-4-6-5-3-1;3*1-4-6(3)5-2;7*1-2/h7-18,23-30H,1-6,19-22H2;4,6,10,12H,1-3,5,7-9,11,13-15H2;6,10,12H,2-5,7-9,11H2,1H3;5-8H,1-4H3;8H,4-7H2,1-3H3;1-2H,3-6H2;3*6H,4-5H2,1-3H3;7*1-2H3/q+4;;;;;;;;;;;;;;;/b9-7+,10-8+;;;;;;;;;;;;;;;. The zero-order valence-corrected chi connectivity index (χ0v) is 87.8. The van der Waals surface area contributed by atoms with Gasteiger partial charge < -0.3 is 20.0 Å². The smallest absolute Gasteiger partial charge is 0.169 e. The summed E-state index contributed by atoms with van der Waals surface area (Å²) < 4.78 is 9.18. The number of allylic oxidation sites excluding steroid dienone is 5. The van der Waals surface area contributed by atoms with Crippen molar-refractivity contribution in [2.45, 2.75) is 439 Å². The third-order valence-corrected chi connectivity index (χ3v) is 23.6. The molecule has 8 nitrogen and oxygen atoms in total. The number of hydrogen-bond donors (Lipinski definition) is 1. The molecule has 0 saturated heterocycles. The van der Waals surface area contributed by atoms with Gasteiger partial charge in [-0.3, -0.25) is 0 Å². The Morgan fingerprint density at radius 3 is 0.705 bits per heavy atom. The van der Waals surface area contributed by atoms with Gasteiger partial charge in [-0.15, -0.1) is 0 Å². The minimum atomic E-state index is 0.935. The summed E-state index contributed by atoms with van der Waals surface area (Å²) in [5, 5.41) is 3.18.